The van der Waals surface area contributed by atoms with E-state index in [1.54, 1.807) is 0 Å². The Morgan fingerprint density at radius 3 is 3.11 bits per heavy atom. The van der Waals surface area contributed by atoms with Gasteiger partial charge in [-0.15, -0.1) is 0 Å². The van der Waals surface area contributed by atoms with Gasteiger partial charge in [-0.05, 0) is 19.1 Å². The third kappa shape index (κ3) is 1.92. The molecule has 0 radical (unpaired) electrons. The van der Waals surface area contributed by atoms with Gasteiger partial charge in [-0.2, -0.15) is 16.7 Å². The normalized spacial score (nSPS) is 24.7. The lowest BCUT2D eigenvalue weighted by atomic mass is 10.2. The molecule has 0 bridgehead atoms. The van der Waals surface area contributed by atoms with E-state index in [1.165, 1.54) is 0 Å². The smallest absolute Gasteiger partial charge is 0.298 e. The summed E-state index contributed by atoms with van der Waals surface area (Å²) in [5.74, 6) is 1.12. The second-order valence-electron chi connectivity index (χ2n) is 4.73. The third-order valence-corrected chi connectivity index (χ3v) is 4.87. The van der Waals surface area contributed by atoms with Gasteiger partial charge in [-0.1, -0.05) is 6.92 Å². The number of thioether (sulfide) groups is 1. The molecule has 0 aliphatic carbocycles. The molecule has 0 amide bonds. The van der Waals surface area contributed by atoms with Crippen LogP contribution in [-0.2, 0) is 0 Å². The first-order valence-corrected chi connectivity index (χ1v) is 7.24. The monoisotopic (exact) mass is 263 g/mol. The second-order valence-corrected chi connectivity index (χ2v) is 6.22. The highest BCUT2D eigenvalue weighted by molar-refractivity contribution is 8.00. The van der Waals surface area contributed by atoms with Crippen molar-refractivity contribution < 1.29 is 4.42 Å². The van der Waals surface area contributed by atoms with Crippen molar-refractivity contribution in [3.05, 3.63) is 18.2 Å². The van der Waals surface area contributed by atoms with E-state index in [4.69, 9.17) is 10.2 Å². The molecule has 96 valence electrons. The van der Waals surface area contributed by atoms with E-state index in [9.17, 15) is 0 Å². The molecule has 4 nitrogen and oxygen atoms in total. The van der Waals surface area contributed by atoms with Gasteiger partial charge in [0.15, 0.2) is 5.58 Å². The number of nitrogens with zero attached hydrogens (tertiary/aromatic N) is 2. The number of anilines is 2. The molecule has 2 N–H and O–H groups in total. The van der Waals surface area contributed by atoms with E-state index in [2.05, 4.69) is 23.7 Å². The maximum atomic E-state index is 5.83. The Labute approximate surface area is 111 Å². The average molecular weight is 263 g/mol. The zero-order valence-electron chi connectivity index (χ0n) is 10.6. The van der Waals surface area contributed by atoms with Gasteiger partial charge in [0.1, 0.15) is 5.52 Å². The molecule has 1 fully saturated rings. The van der Waals surface area contributed by atoms with Crippen molar-refractivity contribution in [1.29, 1.82) is 0 Å². The number of hydrogen-bond acceptors (Lipinski definition) is 5. The summed E-state index contributed by atoms with van der Waals surface area (Å²) in [5, 5.41) is 0.596. The Bertz CT molecular complexity index is 568. The predicted molar refractivity (Wildman–Crippen MR) is 77.1 cm³/mol. The fraction of sp³-hybridized carbons (Fsp3) is 0.462. The number of nitrogens with two attached hydrogens (primary N) is 1. The molecule has 1 aliphatic rings. The van der Waals surface area contributed by atoms with Crippen molar-refractivity contribution in [3.63, 3.8) is 0 Å². The Kier molecular flexibility index (Phi) is 2.86. The van der Waals surface area contributed by atoms with Crippen molar-refractivity contribution in [2.24, 2.45) is 0 Å². The lowest BCUT2D eigenvalue weighted by Gasteiger charge is -2.36. The molecule has 18 heavy (non-hydrogen) atoms. The molecule has 1 aliphatic heterocycles. The number of aromatic nitrogens is 1. The topological polar surface area (TPSA) is 55.3 Å². The number of hydrogen-bond donors (Lipinski definition) is 1. The third-order valence-electron chi connectivity index (χ3n) is 3.53. The number of benzene rings is 1. The quantitative estimate of drug-likeness (QED) is 0.802. The zero-order chi connectivity index (χ0) is 12.7. The SMILES string of the molecule is CC1SCCN(c2nc3ccc(N)cc3o2)C1C. The minimum atomic E-state index is 0.439. The molecule has 0 saturated carbocycles. The molecular formula is C13H17N3OS. The number of oxazole rings is 1. The maximum Gasteiger partial charge on any atom is 0.298 e. The highest BCUT2D eigenvalue weighted by atomic mass is 32.2. The number of fused-ring (bicyclic) bond motifs is 1. The molecule has 2 unspecified atom stereocenters. The summed E-state index contributed by atoms with van der Waals surface area (Å²) in [5.41, 5.74) is 8.10. The van der Waals surface area contributed by atoms with Crippen molar-refractivity contribution in [3.8, 4) is 0 Å². The van der Waals surface area contributed by atoms with Crippen LogP contribution in [0.15, 0.2) is 22.6 Å². The van der Waals surface area contributed by atoms with Gasteiger partial charge in [-0.25, -0.2) is 0 Å². The van der Waals surface area contributed by atoms with Crippen LogP contribution in [0.3, 0.4) is 0 Å². The lowest BCUT2D eigenvalue weighted by molar-refractivity contribution is 0.522. The van der Waals surface area contributed by atoms with Crippen LogP contribution in [0.1, 0.15) is 13.8 Å². The first-order chi connectivity index (χ1) is 8.65. The van der Waals surface area contributed by atoms with Crippen LogP contribution in [0, 0.1) is 0 Å². The largest absolute Gasteiger partial charge is 0.423 e. The summed E-state index contributed by atoms with van der Waals surface area (Å²) in [4.78, 5) is 6.80. The van der Waals surface area contributed by atoms with Crippen LogP contribution in [-0.4, -0.2) is 28.6 Å². The summed E-state index contributed by atoms with van der Waals surface area (Å²) in [6, 6.07) is 6.75. The minimum absolute atomic E-state index is 0.439. The summed E-state index contributed by atoms with van der Waals surface area (Å²) < 4.78 is 5.83. The molecule has 2 atom stereocenters. The molecule has 3 rings (SSSR count). The van der Waals surface area contributed by atoms with E-state index in [0.717, 1.165) is 29.4 Å². The van der Waals surface area contributed by atoms with E-state index in [-0.39, 0.29) is 0 Å². The highest BCUT2D eigenvalue weighted by Crippen LogP contribution is 2.31. The van der Waals surface area contributed by atoms with E-state index >= 15 is 0 Å². The summed E-state index contributed by atoms with van der Waals surface area (Å²) in [6.45, 7) is 5.46. The van der Waals surface area contributed by atoms with Gasteiger partial charge in [0, 0.05) is 35.3 Å². The summed E-state index contributed by atoms with van der Waals surface area (Å²) in [7, 11) is 0. The number of rotatable bonds is 1. The fourth-order valence-corrected chi connectivity index (χ4v) is 3.35. The lowest BCUT2D eigenvalue weighted by Crippen LogP contribution is -2.44. The van der Waals surface area contributed by atoms with Crippen LogP contribution in [0.2, 0.25) is 0 Å². The van der Waals surface area contributed by atoms with Crippen LogP contribution >= 0.6 is 11.8 Å². The standard InChI is InChI=1S/C13H17N3OS/c1-8-9(2)18-6-5-16(8)13-15-11-4-3-10(14)7-12(11)17-13/h3-4,7-9H,5-6,14H2,1-2H3. The van der Waals surface area contributed by atoms with Crippen LogP contribution in [0.25, 0.3) is 11.1 Å². The Morgan fingerprint density at radius 1 is 1.44 bits per heavy atom. The number of nitrogen functional groups attached to an aromatic ring is 1. The van der Waals surface area contributed by atoms with Crippen molar-refractivity contribution in [1.82, 2.24) is 4.98 Å². The van der Waals surface area contributed by atoms with Gasteiger partial charge >= 0.3 is 0 Å². The van der Waals surface area contributed by atoms with Crippen LogP contribution in [0.4, 0.5) is 11.7 Å². The summed E-state index contributed by atoms with van der Waals surface area (Å²) >= 11 is 2.00. The van der Waals surface area contributed by atoms with Crippen molar-refractivity contribution in [2.75, 3.05) is 22.9 Å². The van der Waals surface area contributed by atoms with Gasteiger partial charge in [0.2, 0.25) is 0 Å². The fourth-order valence-electron chi connectivity index (χ4n) is 2.25. The van der Waals surface area contributed by atoms with Crippen molar-refractivity contribution in [2.45, 2.75) is 25.1 Å². The zero-order valence-corrected chi connectivity index (χ0v) is 11.4. The maximum absolute atomic E-state index is 5.83. The molecule has 1 aromatic heterocycles. The van der Waals surface area contributed by atoms with Gasteiger partial charge in [0.05, 0.1) is 0 Å². The molecule has 2 aromatic rings. The average Bonchev–Trinajstić information content (AvgIpc) is 2.75. The molecule has 2 heterocycles. The van der Waals surface area contributed by atoms with Gasteiger partial charge in [0.25, 0.3) is 6.01 Å². The highest BCUT2D eigenvalue weighted by Gasteiger charge is 2.28. The molecule has 0 spiro atoms. The van der Waals surface area contributed by atoms with Gasteiger partial charge < -0.3 is 15.1 Å². The Balaban J connectivity index is 1.98. The first kappa shape index (κ1) is 11.7. The Morgan fingerprint density at radius 2 is 2.28 bits per heavy atom. The van der Waals surface area contributed by atoms with E-state index in [0.29, 0.717) is 17.0 Å². The van der Waals surface area contributed by atoms with Crippen molar-refractivity contribution >= 4 is 34.6 Å². The summed E-state index contributed by atoms with van der Waals surface area (Å²) in [6.07, 6.45) is 0. The molecule has 1 aromatic carbocycles. The minimum Gasteiger partial charge on any atom is -0.423 e. The second kappa shape index (κ2) is 4.39. The predicted octanol–water partition coefficient (Wildman–Crippen LogP) is 2.74. The molecular weight excluding hydrogens is 246 g/mol. The van der Waals surface area contributed by atoms with Gasteiger partial charge in [-0.3, -0.25) is 0 Å². The first-order valence-electron chi connectivity index (χ1n) is 6.19. The molecule has 1 saturated heterocycles. The van der Waals surface area contributed by atoms with E-state index < -0.39 is 0 Å². The van der Waals surface area contributed by atoms with Crippen LogP contribution < -0.4 is 10.6 Å². The van der Waals surface area contributed by atoms with Crippen LogP contribution in [0.5, 0.6) is 0 Å². The van der Waals surface area contributed by atoms with E-state index in [1.807, 2.05) is 30.0 Å². The molecule has 5 heteroatoms. The Hall–Kier alpha value is -1.36.